The molecular weight excluding hydrogens is 297 g/mol. The quantitative estimate of drug-likeness (QED) is 0.707. The second-order valence-corrected chi connectivity index (χ2v) is 5.21. The summed E-state index contributed by atoms with van der Waals surface area (Å²) < 4.78 is 23.5. The number of carbonyl (C=O) groups excluding carboxylic acids is 2. The van der Waals surface area contributed by atoms with Crippen LogP contribution in [0.5, 0.6) is 5.75 Å². The van der Waals surface area contributed by atoms with Crippen molar-refractivity contribution in [3.8, 4) is 5.75 Å². The number of carbonyl (C=O) groups is 2. The largest absolute Gasteiger partial charge is 0.489 e. The number of methoxy groups -OCH3 is 1. The SMILES string of the molecule is COCCOc1ccc(F)cc1NC(=O)CSCC(C)=O. The summed E-state index contributed by atoms with van der Waals surface area (Å²) >= 11 is 1.20. The lowest BCUT2D eigenvalue weighted by Crippen LogP contribution is -2.16. The number of Topliss-reactive ketones (excluding diaryl/α,β-unsaturated/α-hetero) is 1. The van der Waals surface area contributed by atoms with E-state index in [0.29, 0.717) is 19.0 Å². The van der Waals surface area contributed by atoms with Gasteiger partial charge in [-0.25, -0.2) is 4.39 Å². The molecule has 0 heterocycles. The van der Waals surface area contributed by atoms with Crippen LogP contribution in [-0.4, -0.2) is 43.5 Å². The summed E-state index contributed by atoms with van der Waals surface area (Å²) in [6, 6.07) is 3.89. The Hall–Kier alpha value is -1.60. The zero-order valence-electron chi connectivity index (χ0n) is 12.0. The maximum absolute atomic E-state index is 13.3. The molecule has 5 nitrogen and oxygen atoms in total. The molecule has 1 amide bonds. The molecule has 1 N–H and O–H groups in total. The zero-order valence-corrected chi connectivity index (χ0v) is 12.8. The molecule has 0 spiro atoms. The molecule has 7 heteroatoms. The van der Waals surface area contributed by atoms with Gasteiger partial charge in [0.1, 0.15) is 24.0 Å². The molecule has 1 aromatic carbocycles. The van der Waals surface area contributed by atoms with E-state index in [1.54, 1.807) is 7.11 Å². The van der Waals surface area contributed by atoms with E-state index >= 15 is 0 Å². The van der Waals surface area contributed by atoms with Gasteiger partial charge in [-0.15, -0.1) is 11.8 Å². The highest BCUT2D eigenvalue weighted by Gasteiger charge is 2.10. The van der Waals surface area contributed by atoms with E-state index in [2.05, 4.69) is 5.32 Å². The van der Waals surface area contributed by atoms with Crippen LogP contribution < -0.4 is 10.1 Å². The van der Waals surface area contributed by atoms with Crippen LogP contribution in [0.2, 0.25) is 0 Å². The first-order valence-electron chi connectivity index (χ1n) is 6.31. The maximum atomic E-state index is 13.3. The first-order valence-corrected chi connectivity index (χ1v) is 7.46. The van der Waals surface area contributed by atoms with E-state index in [-0.39, 0.29) is 28.9 Å². The molecule has 0 saturated heterocycles. The van der Waals surface area contributed by atoms with Crippen molar-refractivity contribution in [1.29, 1.82) is 0 Å². The number of ether oxygens (including phenoxy) is 2. The highest BCUT2D eigenvalue weighted by atomic mass is 32.2. The van der Waals surface area contributed by atoms with Gasteiger partial charge in [-0.3, -0.25) is 9.59 Å². The minimum absolute atomic E-state index is 0.00198. The lowest BCUT2D eigenvalue weighted by molar-refractivity contribution is -0.114. The van der Waals surface area contributed by atoms with Crippen LogP contribution in [0.1, 0.15) is 6.92 Å². The minimum Gasteiger partial charge on any atom is -0.489 e. The normalized spacial score (nSPS) is 10.2. The molecule has 1 rings (SSSR count). The van der Waals surface area contributed by atoms with Crippen molar-refractivity contribution in [2.75, 3.05) is 37.1 Å². The van der Waals surface area contributed by atoms with Crippen molar-refractivity contribution in [2.45, 2.75) is 6.92 Å². The molecule has 0 saturated carbocycles. The third kappa shape index (κ3) is 7.10. The van der Waals surface area contributed by atoms with Gasteiger partial charge < -0.3 is 14.8 Å². The van der Waals surface area contributed by atoms with Crippen LogP contribution in [0.3, 0.4) is 0 Å². The molecule has 21 heavy (non-hydrogen) atoms. The van der Waals surface area contributed by atoms with Crippen molar-refractivity contribution in [1.82, 2.24) is 0 Å². The number of thioether (sulfide) groups is 1. The molecule has 0 unspecified atom stereocenters. The van der Waals surface area contributed by atoms with Gasteiger partial charge in [-0.1, -0.05) is 0 Å². The van der Waals surface area contributed by atoms with Crippen LogP contribution in [-0.2, 0) is 14.3 Å². The Labute approximate surface area is 127 Å². The minimum atomic E-state index is -0.471. The summed E-state index contributed by atoms with van der Waals surface area (Å²) in [6.45, 7) is 2.14. The predicted octanol–water partition coefficient (Wildman–Crippen LogP) is 2.11. The number of halogens is 1. The number of anilines is 1. The van der Waals surface area contributed by atoms with Crippen molar-refractivity contribution < 1.29 is 23.5 Å². The Balaban J connectivity index is 2.60. The van der Waals surface area contributed by atoms with Gasteiger partial charge in [0.05, 0.1) is 23.8 Å². The number of amides is 1. The van der Waals surface area contributed by atoms with Crippen LogP contribution in [0.4, 0.5) is 10.1 Å². The van der Waals surface area contributed by atoms with E-state index in [0.717, 1.165) is 0 Å². The molecule has 0 atom stereocenters. The highest BCUT2D eigenvalue weighted by molar-refractivity contribution is 8.00. The second kappa shape index (κ2) is 9.36. The second-order valence-electron chi connectivity index (χ2n) is 4.22. The average molecular weight is 315 g/mol. The first-order chi connectivity index (χ1) is 10.0. The molecule has 116 valence electrons. The fourth-order valence-corrected chi connectivity index (χ4v) is 2.08. The Kier molecular flexibility index (Phi) is 7.78. The van der Waals surface area contributed by atoms with Crippen LogP contribution >= 0.6 is 11.8 Å². The summed E-state index contributed by atoms with van der Waals surface area (Å²) in [5, 5.41) is 2.58. The van der Waals surface area contributed by atoms with Gasteiger partial charge in [0.2, 0.25) is 5.91 Å². The Morgan fingerprint density at radius 3 is 2.71 bits per heavy atom. The summed E-state index contributed by atoms with van der Waals surface area (Å²) in [4.78, 5) is 22.5. The first kappa shape index (κ1) is 17.5. The molecular formula is C14H18FNO4S. The zero-order chi connectivity index (χ0) is 15.7. The maximum Gasteiger partial charge on any atom is 0.234 e. The third-order valence-electron chi connectivity index (χ3n) is 2.30. The fourth-order valence-electron chi connectivity index (χ4n) is 1.43. The summed E-state index contributed by atoms with van der Waals surface area (Å²) in [5.74, 6) is -0.0220. The van der Waals surface area contributed by atoms with Gasteiger partial charge in [-0.05, 0) is 19.1 Å². The summed E-state index contributed by atoms with van der Waals surface area (Å²) in [6.07, 6.45) is 0. The fraction of sp³-hybridized carbons (Fsp3) is 0.429. The third-order valence-corrected chi connectivity index (χ3v) is 3.38. The highest BCUT2D eigenvalue weighted by Crippen LogP contribution is 2.25. The van der Waals surface area contributed by atoms with Crippen molar-refractivity contribution >= 4 is 29.1 Å². The van der Waals surface area contributed by atoms with Crippen LogP contribution in [0, 0.1) is 5.82 Å². The summed E-state index contributed by atoms with van der Waals surface area (Å²) in [7, 11) is 1.54. The number of nitrogens with one attached hydrogen (secondary N) is 1. The molecule has 0 radical (unpaired) electrons. The van der Waals surface area contributed by atoms with E-state index in [9.17, 15) is 14.0 Å². The van der Waals surface area contributed by atoms with E-state index in [1.807, 2.05) is 0 Å². The molecule has 0 aliphatic rings. The van der Waals surface area contributed by atoms with Gasteiger partial charge in [-0.2, -0.15) is 0 Å². The van der Waals surface area contributed by atoms with Gasteiger partial charge in [0.25, 0.3) is 0 Å². The molecule has 0 bridgehead atoms. The molecule has 0 aliphatic carbocycles. The van der Waals surface area contributed by atoms with Crippen LogP contribution in [0.25, 0.3) is 0 Å². The lowest BCUT2D eigenvalue weighted by Gasteiger charge is -2.12. The topological polar surface area (TPSA) is 64.6 Å². The average Bonchev–Trinajstić information content (AvgIpc) is 2.41. The predicted molar refractivity (Wildman–Crippen MR) is 80.4 cm³/mol. The standard InChI is InChI=1S/C14H18FNO4S/c1-10(17)8-21-9-14(18)16-12-7-11(15)3-4-13(12)20-6-5-19-2/h3-4,7H,5-6,8-9H2,1-2H3,(H,16,18). The van der Waals surface area contributed by atoms with Crippen LogP contribution in [0.15, 0.2) is 18.2 Å². The number of hydrogen-bond acceptors (Lipinski definition) is 5. The number of rotatable bonds is 9. The molecule has 1 aromatic rings. The van der Waals surface area contributed by atoms with Crippen molar-refractivity contribution in [3.63, 3.8) is 0 Å². The Bertz CT molecular complexity index is 496. The number of benzene rings is 1. The van der Waals surface area contributed by atoms with Gasteiger partial charge in [0, 0.05) is 13.2 Å². The van der Waals surface area contributed by atoms with Gasteiger partial charge >= 0.3 is 0 Å². The van der Waals surface area contributed by atoms with E-state index < -0.39 is 5.82 Å². The molecule has 0 fully saturated rings. The summed E-state index contributed by atoms with van der Waals surface area (Å²) in [5.41, 5.74) is 0.263. The molecule has 0 aliphatic heterocycles. The smallest absolute Gasteiger partial charge is 0.234 e. The number of ketones is 1. The number of hydrogen-bond donors (Lipinski definition) is 1. The Morgan fingerprint density at radius 1 is 1.29 bits per heavy atom. The lowest BCUT2D eigenvalue weighted by atomic mass is 10.3. The van der Waals surface area contributed by atoms with E-state index in [1.165, 1.54) is 36.9 Å². The van der Waals surface area contributed by atoms with Gasteiger partial charge in [0.15, 0.2) is 0 Å². The van der Waals surface area contributed by atoms with E-state index in [4.69, 9.17) is 9.47 Å². The van der Waals surface area contributed by atoms with Crippen molar-refractivity contribution in [2.24, 2.45) is 0 Å². The van der Waals surface area contributed by atoms with Crippen molar-refractivity contribution in [3.05, 3.63) is 24.0 Å². The monoisotopic (exact) mass is 315 g/mol. The Morgan fingerprint density at radius 2 is 2.05 bits per heavy atom. The molecule has 0 aromatic heterocycles.